The summed E-state index contributed by atoms with van der Waals surface area (Å²) in [5.41, 5.74) is 2.67. The number of para-hydroxylation sites is 1. The van der Waals surface area contributed by atoms with Gasteiger partial charge in [0.1, 0.15) is 5.75 Å². The Morgan fingerprint density at radius 3 is 2.40 bits per heavy atom. The lowest BCUT2D eigenvalue weighted by Gasteiger charge is -2.17. The van der Waals surface area contributed by atoms with Crippen molar-refractivity contribution in [3.8, 4) is 5.75 Å². The second-order valence-corrected chi connectivity index (χ2v) is 4.75. The second kappa shape index (κ2) is 6.10. The van der Waals surface area contributed by atoms with Gasteiger partial charge in [-0.1, -0.05) is 18.2 Å². The van der Waals surface area contributed by atoms with Crippen LogP contribution in [0, 0.1) is 0 Å². The standard InChI is InChI=1S/C16H18N2O2/c1-18(2)15-6-4-3-5-13(15)11-17-16(20)12-7-9-14(19)10-8-12/h3-10,19H,11H2,1-2H3,(H,17,20). The van der Waals surface area contributed by atoms with Crippen molar-refractivity contribution in [1.29, 1.82) is 0 Å². The number of anilines is 1. The zero-order valence-corrected chi connectivity index (χ0v) is 11.6. The summed E-state index contributed by atoms with van der Waals surface area (Å²) in [6.07, 6.45) is 0. The number of carbonyl (C=O) groups excluding carboxylic acids is 1. The number of phenols is 1. The minimum atomic E-state index is -0.154. The highest BCUT2D eigenvalue weighted by atomic mass is 16.3. The Morgan fingerprint density at radius 2 is 1.75 bits per heavy atom. The van der Waals surface area contributed by atoms with Gasteiger partial charge in [-0.15, -0.1) is 0 Å². The third-order valence-corrected chi connectivity index (χ3v) is 3.04. The number of phenolic OH excluding ortho intramolecular Hbond substituents is 1. The highest BCUT2D eigenvalue weighted by Crippen LogP contribution is 2.17. The van der Waals surface area contributed by atoms with Crippen LogP contribution < -0.4 is 10.2 Å². The molecule has 0 spiro atoms. The molecule has 0 atom stereocenters. The molecular weight excluding hydrogens is 252 g/mol. The number of benzene rings is 2. The van der Waals surface area contributed by atoms with Crippen LogP contribution in [0.25, 0.3) is 0 Å². The van der Waals surface area contributed by atoms with Gasteiger partial charge in [0.25, 0.3) is 5.91 Å². The van der Waals surface area contributed by atoms with Crippen LogP contribution in [0.2, 0.25) is 0 Å². The SMILES string of the molecule is CN(C)c1ccccc1CNC(=O)c1ccc(O)cc1. The zero-order chi connectivity index (χ0) is 14.5. The predicted octanol–water partition coefficient (Wildman–Crippen LogP) is 2.39. The van der Waals surface area contributed by atoms with E-state index in [2.05, 4.69) is 5.32 Å². The first kappa shape index (κ1) is 13.9. The average Bonchev–Trinajstić information content (AvgIpc) is 2.45. The van der Waals surface area contributed by atoms with E-state index in [9.17, 15) is 9.90 Å². The molecular formula is C16H18N2O2. The van der Waals surface area contributed by atoms with Crippen molar-refractivity contribution in [3.63, 3.8) is 0 Å². The van der Waals surface area contributed by atoms with E-state index in [0.717, 1.165) is 11.3 Å². The fourth-order valence-corrected chi connectivity index (χ4v) is 1.99. The van der Waals surface area contributed by atoms with Crippen molar-refractivity contribution in [3.05, 3.63) is 59.7 Å². The molecule has 0 heterocycles. The van der Waals surface area contributed by atoms with Crippen molar-refractivity contribution < 1.29 is 9.90 Å². The normalized spacial score (nSPS) is 10.1. The lowest BCUT2D eigenvalue weighted by molar-refractivity contribution is 0.0951. The number of carbonyl (C=O) groups is 1. The summed E-state index contributed by atoms with van der Waals surface area (Å²) in [5.74, 6) is -0.00179. The monoisotopic (exact) mass is 270 g/mol. The Bertz CT molecular complexity index is 592. The van der Waals surface area contributed by atoms with Gasteiger partial charge in [0.15, 0.2) is 0 Å². The van der Waals surface area contributed by atoms with E-state index < -0.39 is 0 Å². The molecule has 0 saturated heterocycles. The molecule has 0 aromatic heterocycles. The third-order valence-electron chi connectivity index (χ3n) is 3.04. The summed E-state index contributed by atoms with van der Waals surface area (Å²) in [6.45, 7) is 0.466. The number of nitrogens with one attached hydrogen (secondary N) is 1. The number of hydrogen-bond acceptors (Lipinski definition) is 3. The Kier molecular flexibility index (Phi) is 4.25. The van der Waals surface area contributed by atoms with E-state index in [1.54, 1.807) is 12.1 Å². The second-order valence-electron chi connectivity index (χ2n) is 4.75. The maximum Gasteiger partial charge on any atom is 0.251 e. The predicted molar refractivity (Wildman–Crippen MR) is 80.0 cm³/mol. The van der Waals surface area contributed by atoms with Crippen LogP contribution in [0.4, 0.5) is 5.69 Å². The van der Waals surface area contributed by atoms with E-state index >= 15 is 0 Å². The lowest BCUT2D eigenvalue weighted by atomic mass is 10.1. The molecule has 1 amide bonds. The lowest BCUT2D eigenvalue weighted by Crippen LogP contribution is -2.24. The van der Waals surface area contributed by atoms with Gasteiger partial charge in [-0.25, -0.2) is 0 Å². The highest BCUT2D eigenvalue weighted by molar-refractivity contribution is 5.94. The Balaban J connectivity index is 2.05. The van der Waals surface area contributed by atoms with Gasteiger partial charge in [-0.05, 0) is 35.9 Å². The number of aromatic hydroxyl groups is 1. The first-order valence-corrected chi connectivity index (χ1v) is 6.40. The van der Waals surface area contributed by atoms with Gasteiger partial charge in [-0.3, -0.25) is 4.79 Å². The minimum Gasteiger partial charge on any atom is -0.508 e. The van der Waals surface area contributed by atoms with E-state index in [1.165, 1.54) is 12.1 Å². The summed E-state index contributed by atoms with van der Waals surface area (Å²) in [5, 5.41) is 12.1. The van der Waals surface area contributed by atoms with Gasteiger partial charge < -0.3 is 15.3 Å². The summed E-state index contributed by atoms with van der Waals surface area (Å²) in [6, 6.07) is 14.1. The number of nitrogens with zero attached hydrogens (tertiary/aromatic N) is 1. The van der Waals surface area contributed by atoms with Crippen molar-refractivity contribution in [2.45, 2.75) is 6.54 Å². The smallest absolute Gasteiger partial charge is 0.251 e. The first-order chi connectivity index (χ1) is 9.58. The fourth-order valence-electron chi connectivity index (χ4n) is 1.99. The summed E-state index contributed by atoms with van der Waals surface area (Å²) >= 11 is 0. The third kappa shape index (κ3) is 3.29. The van der Waals surface area contributed by atoms with Crippen molar-refractivity contribution in [2.24, 2.45) is 0 Å². The number of hydrogen-bond donors (Lipinski definition) is 2. The molecule has 0 aliphatic carbocycles. The molecule has 0 aliphatic heterocycles. The molecule has 2 aromatic rings. The molecule has 0 bridgehead atoms. The van der Waals surface area contributed by atoms with Crippen LogP contribution in [0.5, 0.6) is 5.75 Å². The quantitative estimate of drug-likeness (QED) is 0.897. The van der Waals surface area contributed by atoms with Gasteiger partial charge in [-0.2, -0.15) is 0 Å². The molecule has 0 saturated carbocycles. The molecule has 0 fully saturated rings. The molecule has 20 heavy (non-hydrogen) atoms. The number of amides is 1. The Morgan fingerprint density at radius 1 is 1.10 bits per heavy atom. The van der Waals surface area contributed by atoms with Crippen molar-refractivity contribution >= 4 is 11.6 Å². The minimum absolute atomic E-state index is 0.152. The Hall–Kier alpha value is -2.49. The van der Waals surface area contributed by atoms with Crippen LogP contribution in [-0.2, 0) is 6.54 Å². The molecule has 2 aromatic carbocycles. The van der Waals surface area contributed by atoms with Crippen LogP contribution in [0.3, 0.4) is 0 Å². The Labute approximate surface area is 118 Å². The van der Waals surface area contributed by atoms with Crippen LogP contribution in [0.1, 0.15) is 15.9 Å². The largest absolute Gasteiger partial charge is 0.508 e. The van der Waals surface area contributed by atoms with Gasteiger partial charge in [0, 0.05) is 31.9 Å². The number of rotatable bonds is 4. The van der Waals surface area contributed by atoms with Gasteiger partial charge in [0.05, 0.1) is 0 Å². The van der Waals surface area contributed by atoms with E-state index in [1.807, 2.05) is 43.3 Å². The van der Waals surface area contributed by atoms with Crippen LogP contribution >= 0.6 is 0 Å². The molecule has 0 aliphatic rings. The molecule has 2 rings (SSSR count). The molecule has 2 N–H and O–H groups in total. The first-order valence-electron chi connectivity index (χ1n) is 6.40. The molecule has 0 unspecified atom stereocenters. The zero-order valence-electron chi connectivity index (χ0n) is 11.6. The van der Waals surface area contributed by atoms with Gasteiger partial charge in [0.2, 0.25) is 0 Å². The molecule has 104 valence electrons. The average molecular weight is 270 g/mol. The van der Waals surface area contributed by atoms with Crippen LogP contribution in [0.15, 0.2) is 48.5 Å². The summed E-state index contributed by atoms with van der Waals surface area (Å²) < 4.78 is 0. The van der Waals surface area contributed by atoms with Crippen molar-refractivity contribution in [2.75, 3.05) is 19.0 Å². The maximum absolute atomic E-state index is 12.0. The highest BCUT2D eigenvalue weighted by Gasteiger charge is 2.07. The maximum atomic E-state index is 12.0. The van der Waals surface area contributed by atoms with E-state index in [0.29, 0.717) is 12.1 Å². The summed E-state index contributed by atoms with van der Waals surface area (Å²) in [4.78, 5) is 14.0. The fraction of sp³-hybridized carbons (Fsp3) is 0.188. The topological polar surface area (TPSA) is 52.6 Å². The van der Waals surface area contributed by atoms with Crippen LogP contribution in [-0.4, -0.2) is 25.1 Å². The summed E-state index contributed by atoms with van der Waals surface area (Å²) in [7, 11) is 3.95. The van der Waals surface area contributed by atoms with E-state index in [4.69, 9.17) is 0 Å². The molecule has 0 radical (unpaired) electrons. The van der Waals surface area contributed by atoms with Gasteiger partial charge >= 0.3 is 0 Å². The van der Waals surface area contributed by atoms with Crippen molar-refractivity contribution in [1.82, 2.24) is 5.32 Å². The van der Waals surface area contributed by atoms with E-state index in [-0.39, 0.29) is 11.7 Å². The molecule has 4 nitrogen and oxygen atoms in total. The molecule has 4 heteroatoms.